The summed E-state index contributed by atoms with van der Waals surface area (Å²) in [6.45, 7) is 4.18. The normalized spacial score (nSPS) is 25.9. The molecule has 1 aromatic carbocycles. The molecule has 3 rings (SSSR count). The molecule has 1 aromatic rings. The molecule has 2 atom stereocenters. The van der Waals surface area contributed by atoms with E-state index in [1.807, 2.05) is 0 Å². The van der Waals surface area contributed by atoms with Crippen LogP contribution in [0.3, 0.4) is 0 Å². The van der Waals surface area contributed by atoms with Crippen molar-refractivity contribution in [1.29, 1.82) is 0 Å². The summed E-state index contributed by atoms with van der Waals surface area (Å²) in [5.74, 6) is 2.64. The Labute approximate surface area is 116 Å². The lowest BCUT2D eigenvalue weighted by Crippen LogP contribution is -2.35. The van der Waals surface area contributed by atoms with Crippen LogP contribution in [0.1, 0.15) is 50.5 Å². The Morgan fingerprint density at radius 2 is 2.00 bits per heavy atom. The molecule has 2 unspecified atom stereocenters. The van der Waals surface area contributed by atoms with Crippen LogP contribution in [0.5, 0.6) is 5.75 Å². The van der Waals surface area contributed by atoms with Crippen molar-refractivity contribution in [2.24, 2.45) is 5.92 Å². The molecule has 2 aliphatic rings. The van der Waals surface area contributed by atoms with E-state index >= 15 is 0 Å². The van der Waals surface area contributed by atoms with Gasteiger partial charge in [0.2, 0.25) is 0 Å². The summed E-state index contributed by atoms with van der Waals surface area (Å²) < 4.78 is 5.91. The molecule has 2 nitrogen and oxygen atoms in total. The van der Waals surface area contributed by atoms with Gasteiger partial charge < -0.3 is 10.1 Å². The largest absolute Gasteiger partial charge is 0.493 e. The first-order valence-electron chi connectivity index (χ1n) is 7.83. The van der Waals surface area contributed by atoms with E-state index in [1.165, 1.54) is 37.8 Å². The highest BCUT2D eigenvalue weighted by atomic mass is 16.5. The maximum absolute atomic E-state index is 5.91. The second kappa shape index (κ2) is 5.96. The van der Waals surface area contributed by atoms with Crippen LogP contribution in [0.15, 0.2) is 24.3 Å². The molecule has 0 heterocycles. The summed E-state index contributed by atoms with van der Waals surface area (Å²) in [4.78, 5) is 0. The molecule has 0 aliphatic heterocycles. The van der Waals surface area contributed by atoms with E-state index in [0.29, 0.717) is 5.92 Å². The molecule has 0 amide bonds. The Kier molecular flexibility index (Phi) is 4.07. The fourth-order valence-electron chi connectivity index (χ4n) is 2.96. The van der Waals surface area contributed by atoms with Crippen molar-refractivity contribution in [3.05, 3.63) is 29.8 Å². The quantitative estimate of drug-likeness (QED) is 0.805. The average Bonchev–Trinajstić information content (AvgIpc) is 3.21. The fraction of sp³-hybridized carbons (Fsp3) is 0.647. The zero-order valence-corrected chi connectivity index (χ0v) is 11.9. The average molecular weight is 259 g/mol. The van der Waals surface area contributed by atoms with Crippen LogP contribution in [0.25, 0.3) is 0 Å². The van der Waals surface area contributed by atoms with Crippen LogP contribution in [0, 0.1) is 5.92 Å². The molecular weight excluding hydrogens is 234 g/mol. The number of benzene rings is 1. The van der Waals surface area contributed by atoms with Gasteiger partial charge in [0.25, 0.3) is 0 Å². The molecule has 0 saturated heterocycles. The summed E-state index contributed by atoms with van der Waals surface area (Å²) in [7, 11) is 0. The van der Waals surface area contributed by atoms with Crippen LogP contribution in [-0.2, 0) is 0 Å². The second-order valence-electron chi connectivity index (χ2n) is 6.01. The van der Waals surface area contributed by atoms with E-state index in [0.717, 1.165) is 30.7 Å². The third-order valence-electron chi connectivity index (χ3n) is 4.44. The SMILES string of the molecule is CCCOc1ccccc1C1CCC1CNC1CC1. The van der Waals surface area contributed by atoms with Crippen molar-refractivity contribution in [2.75, 3.05) is 13.2 Å². The summed E-state index contributed by atoms with van der Waals surface area (Å²) in [6, 6.07) is 9.46. The second-order valence-corrected chi connectivity index (χ2v) is 6.01. The highest BCUT2D eigenvalue weighted by Gasteiger charge is 2.34. The number of para-hydroxylation sites is 1. The standard InChI is InChI=1S/C17H25NO/c1-2-11-19-17-6-4-3-5-16(17)15-10-7-13(15)12-18-14-8-9-14/h3-6,13-15,18H,2,7-12H2,1H3. The number of ether oxygens (including phenoxy) is 1. The fourth-order valence-corrected chi connectivity index (χ4v) is 2.96. The maximum Gasteiger partial charge on any atom is 0.122 e. The van der Waals surface area contributed by atoms with Crippen molar-refractivity contribution in [2.45, 2.75) is 51.0 Å². The molecule has 2 fully saturated rings. The van der Waals surface area contributed by atoms with Crippen LogP contribution < -0.4 is 10.1 Å². The van der Waals surface area contributed by atoms with Gasteiger partial charge in [0.05, 0.1) is 6.61 Å². The predicted octanol–water partition coefficient (Wildman–Crippen LogP) is 3.72. The molecule has 0 radical (unpaired) electrons. The van der Waals surface area contributed by atoms with Gasteiger partial charge in [0.1, 0.15) is 5.75 Å². The van der Waals surface area contributed by atoms with E-state index in [1.54, 1.807) is 0 Å². The van der Waals surface area contributed by atoms with E-state index < -0.39 is 0 Å². The van der Waals surface area contributed by atoms with E-state index in [-0.39, 0.29) is 0 Å². The maximum atomic E-state index is 5.91. The summed E-state index contributed by atoms with van der Waals surface area (Å²) in [5.41, 5.74) is 1.43. The minimum atomic E-state index is 0.708. The van der Waals surface area contributed by atoms with Gasteiger partial charge in [-0.1, -0.05) is 25.1 Å². The van der Waals surface area contributed by atoms with E-state index in [4.69, 9.17) is 4.74 Å². The monoisotopic (exact) mass is 259 g/mol. The smallest absolute Gasteiger partial charge is 0.122 e. The Morgan fingerprint density at radius 3 is 2.68 bits per heavy atom. The molecule has 2 heteroatoms. The van der Waals surface area contributed by atoms with E-state index in [2.05, 4.69) is 36.5 Å². The first-order valence-corrected chi connectivity index (χ1v) is 7.83. The minimum absolute atomic E-state index is 0.708. The van der Waals surface area contributed by atoms with Gasteiger partial charge >= 0.3 is 0 Å². The van der Waals surface area contributed by atoms with Crippen molar-refractivity contribution in [1.82, 2.24) is 5.32 Å². The number of hydrogen-bond acceptors (Lipinski definition) is 2. The van der Waals surface area contributed by atoms with E-state index in [9.17, 15) is 0 Å². The topological polar surface area (TPSA) is 21.3 Å². The van der Waals surface area contributed by atoms with Gasteiger partial charge in [-0.2, -0.15) is 0 Å². The molecule has 19 heavy (non-hydrogen) atoms. The summed E-state index contributed by atoms with van der Waals surface area (Å²) in [5, 5.41) is 3.68. The number of rotatable bonds is 7. The molecule has 2 saturated carbocycles. The Hall–Kier alpha value is -1.02. The summed E-state index contributed by atoms with van der Waals surface area (Å²) >= 11 is 0. The zero-order valence-electron chi connectivity index (χ0n) is 11.9. The highest BCUT2D eigenvalue weighted by Crippen LogP contribution is 2.45. The molecule has 0 spiro atoms. The van der Waals surface area contributed by atoms with Gasteiger partial charge in [-0.25, -0.2) is 0 Å². The number of nitrogens with one attached hydrogen (secondary N) is 1. The van der Waals surface area contributed by atoms with Gasteiger partial charge in [-0.05, 0) is 62.1 Å². The van der Waals surface area contributed by atoms with Crippen molar-refractivity contribution in [3.63, 3.8) is 0 Å². The summed E-state index contributed by atoms with van der Waals surface area (Å²) in [6.07, 6.45) is 6.53. The lowest BCUT2D eigenvalue weighted by atomic mass is 9.69. The van der Waals surface area contributed by atoms with Gasteiger partial charge in [0.15, 0.2) is 0 Å². The van der Waals surface area contributed by atoms with Crippen molar-refractivity contribution in [3.8, 4) is 5.75 Å². The Bertz CT molecular complexity index is 413. The molecule has 104 valence electrons. The van der Waals surface area contributed by atoms with Crippen LogP contribution in [0.4, 0.5) is 0 Å². The lowest BCUT2D eigenvalue weighted by Gasteiger charge is -2.38. The molecule has 1 N–H and O–H groups in total. The van der Waals surface area contributed by atoms with Crippen LogP contribution >= 0.6 is 0 Å². The van der Waals surface area contributed by atoms with Gasteiger partial charge in [-0.3, -0.25) is 0 Å². The van der Waals surface area contributed by atoms with Gasteiger partial charge in [0, 0.05) is 6.04 Å². The Balaban J connectivity index is 1.63. The first-order chi connectivity index (χ1) is 9.38. The minimum Gasteiger partial charge on any atom is -0.493 e. The zero-order chi connectivity index (χ0) is 13.1. The lowest BCUT2D eigenvalue weighted by molar-refractivity contribution is 0.233. The Morgan fingerprint density at radius 1 is 1.16 bits per heavy atom. The third-order valence-corrected chi connectivity index (χ3v) is 4.44. The molecule has 2 aliphatic carbocycles. The molecule has 0 aromatic heterocycles. The number of hydrogen-bond donors (Lipinski definition) is 1. The first kappa shape index (κ1) is 13.0. The van der Waals surface area contributed by atoms with Crippen LogP contribution in [0.2, 0.25) is 0 Å². The third kappa shape index (κ3) is 3.11. The van der Waals surface area contributed by atoms with Gasteiger partial charge in [-0.15, -0.1) is 0 Å². The highest BCUT2D eigenvalue weighted by molar-refractivity contribution is 5.38. The van der Waals surface area contributed by atoms with Crippen LogP contribution in [-0.4, -0.2) is 19.2 Å². The van der Waals surface area contributed by atoms with Crippen molar-refractivity contribution >= 4 is 0 Å². The molecule has 0 bridgehead atoms. The molecular formula is C17H25NO. The van der Waals surface area contributed by atoms with Crippen molar-refractivity contribution < 1.29 is 4.74 Å². The predicted molar refractivity (Wildman–Crippen MR) is 78.7 cm³/mol.